The number of rotatable bonds is 7. The first kappa shape index (κ1) is 19.4. The minimum atomic E-state index is -0.212. The van der Waals surface area contributed by atoms with Crippen molar-refractivity contribution in [3.63, 3.8) is 0 Å². The van der Waals surface area contributed by atoms with Gasteiger partial charge in [-0.25, -0.2) is 0 Å². The Labute approximate surface area is 157 Å². The topological polar surface area (TPSA) is 71.3 Å². The van der Waals surface area contributed by atoms with E-state index in [9.17, 15) is 4.79 Å². The van der Waals surface area contributed by atoms with Crippen molar-refractivity contribution in [2.45, 2.75) is 13.0 Å². The number of carbonyl (C=O) groups is 1. The number of halogens is 1. The van der Waals surface area contributed by atoms with Crippen LogP contribution in [0.1, 0.15) is 24.1 Å². The number of amides is 1. The van der Waals surface area contributed by atoms with Gasteiger partial charge in [0.25, 0.3) is 0 Å². The number of nitriles is 1. The van der Waals surface area contributed by atoms with Crippen LogP contribution in [-0.2, 0) is 4.79 Å². The molecule has 1 amide bonds. The maximum atomic E-state index is 12.1. The highest BCUT2D eigenvalue weighted by atomic mass is 35.5. The predicted octanol–water partition coefficient (Wildman–Crippen LogP) is 4.14. The zero-order valence-corrected chi connectivity index (χ0v) is 15.3. The molecule has 134 valence electrons. The number of benzene rings is 2. The molecular formula is C20H19ClN2O3. The van der Waals surface area contributed by atoms with Gasteiger partial charge in [-0.15, -0.1) is 0 Å². The Bertz CT molecular complexity index is 826. The molecule has 0 bridgehead atoms. The fourth-order valence-corrected chi connectivity index (χ4v) is 2.41. The van der Waals surface area contributed by atoms with E-state index < -0.39 is 0 Å². The number of ether oxygens (including phenoxy) is 2. The van der Waals surface area contributed by atoms with Crippen molar-refractivity contribution in [1.82, 2.24) is 5.32 Å². The fraction of sp³-hybridized carbons (Fsp3) is 0.200. The first-order chi connectivity index (χ1) is 12.5. The second-order valence-corrected chi connectivity index (χ2v) is 5.91. The van der Waals surface area contributed by atoms with Crippen LogP contribution in [0.5, 0.6) is 11.5 Å². The molecule has 0 fully saturated rings. The van der Waals surface area contributed by atoms with Crippen LogP contribution in [0.25, 0.3) is 6.08 Å². The molecule has 0 spiro atoms. The summed E-state index contributed by atoms with van der Waals surface area (Å²) in [5.41, 5.74) is 1.75. The van der Waals surface area contributed by atoms with Crippen molar-refractivity contribution in [2.24, 2.45) is 0 Å². The summed E-state index contributed by atoms with van der Waals surface area (Å²) in [6.45, 7) is 1.84. The number of methoxy groups -OCH3 is 1. The maximum absolute atomic E-state index is 12.1. The smallest absolute Gasteiger partial charge is 0.244 e. The predicted molar refractivity (Wildman–Crippen MR) is 101 cm³/mol. The molecule has 1 atom stereocenters. The molecule has 0 radical (unpaired) electrons. The molecule has 0 aliphatic carbocycles. The standard InChI is InChI=1S/C20H19ClN2O3/c1-14(16-5-7-17(21)8-6-16)23-20(24)10-4-15-3-9-18(26-12-11-22)19(13-15)25-2/h3-10,13-14H,12H2,1-2H3,(H,23,24)/b10-4+/t14-/m0/s1. The van der Waals surface area contributed by atoms with Crippen LogP contribution in [0.4, 0.5) is 0 Å². The van der Waals surface area contributed by atoms with Gasteiger partial charge in [-0.05, 0) is 48.4 Å². The van der Waals surface area contributed by atoms with E-state index in [1.54, 1.807) is 36.4 Å². The molecule has 0 saturated heterocycles. The van der Waals surface area contributed by atoms with E-state index in [4.69, 9.17) is 26.3 Å². The molecule has 2 rings (SSSR count). The zero-order chi connectivity index (χ0) is 18.9. The number of nitrogens with zero attached hydrogens (tertiary/aromatic N) is 1. The normalized spacial score (nSPS) is 11.6. The summed E-state index contributed by atoms with van der Waals surface area (Å²) in [5, 5.41) is 12.1. The Morgan fingerprint density at radius 2 is 2.00 bits per heavy atom. The summed E-state index contributed by atoms with van der Waals surface area (Å²) < 4.78 is 10.5. The number of hydrogen-bond donors (Lipinski definition) is 1. The maximum Gasteiger partial charge on any atom is 0.244 e. The van der Waals surface area contributed by atoms with Gasteiger partial charge in [-0.2, -0.15) is 5.26 Å². The van der Waals surface area contributed by atoms with Gasteiger partial charge in [0.05, 0.1) is 13.2 Å². The second kappa shape index (κ2) is 9.50. The number of hydrogen-bond acceptors (Lipinski definition) is 4. The SMILES string of the molecule is COc1cc(/C=C/C(=O)N[C@@H](C)c2ccc(Cl)cc2)ccc1OCC#N. The van der Waals surface area contributed by atoms with Crippen LogP contribution in [0.3, 0.4) is 0 Å². The van der Waals surface area contributed by atoms with E-state index in [1.807, 2.05) is 25.1 Å². The third kappa shape index (κ3) is 5.54. The van der Waals surface area contributed by atoms with Gasteiger partial charge < -0.3 is 14.8 Å². The lowest BCUT2D eigenvalue weighted by molar-refractivity contribution is -0.117. The summed E-state index contributed by atoms with van der Waals surface area (Å²) in [7, 11) is 1.52. The highest BCUT2D eigenvalue weighted by Gasteiger charge is 2.08. The molecular weight excluding hydrogens is 352 g/mol. The van der Waals surface area contributed by atoms with E-state index in [0.29, 0.717) is 16.5 Å². The van der Waals surface area contributed by atoms with E-state index in [1.165, 1.54) is 13.2 Å². The van der Waals surface area contributed by atoms with Crippen LogP contribution in [0.2, 0.25) is 5.02 Å². The number of nitrogens with one attached hydrogen (secondary N) is 1. The Balaban J connectivity index is 2.00. The lowest BCUT2D eigenvalue weighted by Gasteiger charge is -2.13. The summed E-state index contributed by atoms with van der Waals surface area (Å²) in [6, 6.07) is 14.3. The third-order valence-corrected chi connectivity index (χ3v) is 3.89. The summed E-state index contributed by atoms with van der Waals surface area (Å²) in [5.74, 6) is 0.764. The monoisotopic (exact) mass is 370 g/mol. The molecule has 0 unspecified atom stereocenters. The van der Waals surface area contributed by atoms with Crippen molar-refractivity contribution >= 4 is 23.6 Å². The van der Waals surface area contributed by atoms with Crippen molar-refractivity contribution in [3.05, 3.63) is 64.7 Å². The van der Waals surface area contributed by atoms with E-state index in [2.05, 4.69) is 5.32 Å². The summed E-state index contributed by atoms with van der Waals surface area (Å²) >= 11 is 5.87. The average Bonchev–Trinajstić information content (AvgIpc) is 2.65. The first-order valence-electron chi connectivity index (χ1n) is 7.95. The highest BCUT2D eigenvalue weighted by molar-refractivity contribution is 6.30. The lowest BCUT2D eigenvalue weighted by Crippen LogP contribution is -2.24. The number of carbonyl (C=O) groups excluding carboxylic acids is 1. The Hall–Kier alpha value is -2.97. The summed E-state index contributed by atoms with van der Waals surface area (Å²) in [6.07, 6.45) is 3.14. The van der Waals surface area contributed by atoms with Crippen molar-refractivity contribution < 1.29 is 14.3 Å². The van der Waals surface area contributed by atoms with Crippen LogP contribution in [-0.4, -0.2) is 19.6 Å². The molecule has 26 heavy (non-hydrogen) atoms. The highest BCUT2D eigenvalue weighted by Crippen LogP contribution is 2.28. The second-order valence-electron chi connectivity index (χ2n) is 5.47. The van der Waals surface area contributed by atoms with Crippen molar-refractivity contribution in [3.8, 4) is 17.6 Å². The van der Waals surface area contributed by atoms with Crippen molar-refractivity contribution in [1.29, 1.82) is 5.26 Å². The van der Waals surface area contributed by atoms with Gasteiger partial charge in [-0.1, -0.05) is 29.8 Å². The molecule has 0 aliphatic rings. The van der Waals surface area contributed by atoms with E-state index in [0.717, 1.165) is 11.1 Å². The molecule has 0 aliphatic heterocycles. The lowest BCUT2D eigenvalue weighted by atomic mass is 10.1. The van der Waals surface area contributed by atoms with Crippen LogP contribution >= 0.6 is 11.6 Å². The Morgan fingerprint density at radius 3 is 2.65 bits per heavy atom. The molecule has 6 heteroatoms. The molecule has 0 saturated carbocycles. The Morgan fingerprint density at radius 1 is 1.27 bits per heavy atom. The summed E-state index contributed by atoms with van der Waals surface area (Å²) in [4.78, 5) is 12.1. The van der Waals surface area contributed by atoms with Gasteiger partial charge in [-0.3, -0.25) is 4.79 Å². The molecule has 5 nitrogen and oxygen atoms in total. The van der Waals surface area contributed by atoms with Gasteiger partial charge in [0, 0.05) is 11.1 Å². The van der Waals surface area contributed by atoms with Gasteiger partial charge in [0.2, 0.25) is 5.91 Å². The molecule has 1 N–H and O–H groups in total. The fourth-order valence-electron chi connectivity index (χ4n) is 2.29. The zero-order valence-electron chi connectivity index (χ0n) is 14.5. The molecule has 0 heterocycles. The van der Waals surface area contributed by atoms with Crippen LogP contribution < -0.4 is 14.8 Å². The van der Waals surface area contributed by atoms with Crippen LogP contribution in [0.15, 0.2) is 48.5 Å². The molecule has 2 aromatic rings. The largest absolute Gasteiger partial charge is 0.493 e. The quantitative estimate of drug-likeness (QED) is 0.743. The molecule has 2 aromatic carbocycles. The van der Waals surface area contributed by atoms with E-state index in [-0.39, 0.29) is 18.6 Å². The Kier molecular flexibility index (Phi) is 7.07. The average molecular weight is 371 g/mol. The van der Waals surface area contributed by atoms with Gasteiger partial charge in [0.15, 0.2) is 18.1 Å². The first-order valence-corrected chi connectivity index (χ1v) is 8.33. The van der Waals surface area contributed by atoms with Crippen LogP contribution in [0, 0.1) is 11.3 Å². The van der Waals surface area contributed by atoms with E-state index >= 15 is 0 Å². The minimum Gasteiger partial charge on any atom is -0.493 e. The van der Waals surface area contributed by atoms with Gasteiger partial charge in [0.1, 0.15) is 6.07 Å². The van der Waals surface area contributed by atoms with Gasteiger partial charge >= 0.3 is 0 Å². The van der Waals surface area contributed by atoms with Crippen molar-refractivity contribution in [2.75, 3.05) is 13.7 Å². The molecule has 0 aromatic heterocycles. The third-order valence-electron chi connectivity index (χ3n) is 3.64. The minimum absolute atomic E-state index is 0.0590.